The summed E-state index contributed by atoms with van der Waals surface area (Å²) >= 11 is 0. The van der Waals surface area contributed by atoms with Crippen LogP contribution in [-0.4, -0.2) is 22.3 Å². The molecule has 0 spiro atoms. The summed E-state index contributed by atoms with van der Waals surface area (Å²) in [5.74, 6) is 1.44. The number of anilines is 2. The number of rotatable bonds is 2. The van der Waals surface area contributed by atoms with E-state index < -0.39 is 0 Å². The standard InChI is InChI=1S/C11H18N4/c1-3-9-5-4-8(2)15(9)11-7-6-10(12)13-14-11/h6-9H,3-5H2,1-2H3,(H2,12,13). The molecular formula is C11H18N4. The molecule has 4 heteroatoms. The SMILES string of the molecule is CCC1CCC(C)N1c1ccc(N)nn1. The number of nitrogens with zero attached hydrogens (tertiary/aromatic N) is 3. The van der Waals surface area contributed by atoms with Gasteiger partial charge < -0.3 is 10.6 Å². The lowest BCUT2D eigenvalue weighted by molar-refractivity contribution is 0.617. The highest BCUT2D eigenvalue weighted by molar-refractivity contribution is 5.44. The van der Waals surface area contributed by atoms with Crippen molar-refractivity contribution in [2.24, 2.45) is 0 Å². The van der Waals surface area contributed by atoms with E-state index in [1.165, 1.54) is 12.8 Å². The van der Waals surface area contributed by atoms with Gasteiger partial charge in [0.05, 0.1) is 0 Å². The first-order valence-electron chi connectivity index (χ1n) is 5.60. The third kappa shape index (κ3) is 1.89. The van der Waals surface area contributed by atoms with Crippen LogP contribution < -0.4 is 10.6 Å². The van der Waals surface area contributed by atoms with Crippen LogP contribution in [0.4, 0.5) is 11.6 Å². The van der Waals surface area contributed by atoms with Crippen LogP contribution in [0.1, 0.15) is 33.1 Å². The van der Waals surface area contributed by atoms with Crippen molar-refractivity contribution < 1.29 is 0 Å². The Morgan fingerprint density at radius 2 is 2.20 bits per heavy atom. The van der Waals surface area contributed by atoms with Crippen molar-refractivity contribution in [1.29, 1.82) is 0 Å². The molecule has 15 heavy (non-hydrogen) atoms. The van der Waals surface area contributed by atoms with Crippen molar-refractivity contribution in [3.8, 4) is 0 Å². The molecule has 0 aliphatic carbocycles. The minimum absolute atomic E-state index is 0.485. The Morgan fingerprint density at radius 3 is 2.80 bits per heavy atom. The molecule has 2 rings (SSSR count). The van der Waals surface area contributed by atoms with Crippen LogP contribution in [0.3, 0.4) is 0 Å². The summed E-state index contributed by atoms with van der Waals surface area (Å²) < 4.78 is 0. The van der Waals surface area contributed by atoms with Crippen LogP contribution in [0.5, 0.6) is 0 Å². The van der Waals surface area contributed by atoms with Gasteiger partial charge in [-0.25, -0.2) is 0 Å². The highest BCUT2D eigenvalue weighted by Gasteiger charge is 2.30. The van der Waals surface area contributed by atoms with E-state index in [1.54, 1.807) is 0 Å². The van der Waals surface area contributed by atoms with Gasteiger partial charge in [0.1, 0.15) is 5.82 Å². The van der Waals surface area contributed by atoms with Gasteiger partial charge in [0, 0.05) is 12.1 Å². The minimum Gasteiger partial charge on any atom is -0.382 e. The third-order valence-corrected chi connectivity index (χ3v) is 3.19. The first-order chi connectivity index (χ1) is 7.22. The van der Waals surface area contributed by atoms with Gasteiger partial charge in [-0.2, -0.15) is 0 Å². The molecule has 2 N–H and O–H groups in total. The molecule has 0 radical (unpaired) electrons. The second kappa shape index (κ2) is 4.04. The van der Waals surface area contributed by atoms with Crippen LogP contribution in [0.15, 0.2) is 12.1 Å². The van der Waals surface area contributed by atoms with Crippen LogP contribution in [-0.2, 0) is 0 Å². The van der Waals surface area contributed by atoms with Crippen molar-refractivity contribution in [2.75, 3.05) is 10.6 Å². The van der Waals surface area contributed by atoms with Crippen LogP contribution >= 0.6 is 0 Å². The van der Waals surface area contributed by atoms with E-state index in [1.807, 2.05) is 12.1 Å². The number of nitrogen functional groups attached to an aromatic ring is 1. The van der Waals surface area contributed by atoms with Gasteiger partial charge in [0.2, 0.25) is 0 Å². The Hall–Kier alpha value is -1.32. The maximum absolute atomic E-state index is 5.54. The van der Waals surface area contributed by atoms with Gasteiger partial charge in [-0.3, -0.25) is 0 Å². The van der Waals surface area contributed by atoms with Gasteiger partial charge >= 0.3 is 0 Å². The summed E-state index contributed by atoms with van der Waals surface area (Å²) in [6.07, 6.45) is 3.66. The number of nitrogens with two attached hydrogens (primary N) is 1. The first kappa shape index (κ1) is 10.2. The zero-order chi connectivity index (χ0) is 10.8. The topological polar surface area (TPSA) is 55.0 Å². The summed E-state index contributed by atoms with van der Waals surface area (Å²) in [5, 5.41) is 8.07. The van der Waals surface area contributed by atoms with Crippen LogP contribution in [0, 0.1) is 0 Å². The van der Waals surface area contributed by atoms with E-state index in [9.17, 15) is 0 Å². The molecule has 2 heterocycles. The summed E-state index contributed by atoms with van der Waals surface area (Å²) in [6, 6.07) is 4.96. The maximum Gasteiger partial charge on any atom is 0.151 e. The Labute approximate surface area is 90.5 Å². The van der Waals surface area contributed by atoms with Crippen molar-refractivity contribution >= 4 is 11.6 Å². The fourth-order valence-electron chi connectivity index (χ4n) is 2.36. The van der Waals surface area contributed by atoms with E-state index in [0.29, 0.717) is 17.9 Å². The van der Waals surface area contributed by atoms with Crippen molar-refractivity contribution in [1.82, 2.24) is 10.2 Å². The van der Waals surface area contributed by atoms with Gasteiger partial charge in [0.15, 0.2) is 5.82 Å². The average Bonchev–Trinajstić information content (AvgIpc) is 2.61. The molecule has 0 bridgehead atoms. The monoisotopic (exact) mass is 206 g/mol. The second-order valence-electron chi connectivity index (χ2n) is 4.21. The fraction of sp³-hybridized carbons (Fsp3) is 0.636. The number of hydrogen-bond acceptors (Lipinski definition) is 4. The Kier molecular flexibility index (Phi) is 2.75. The lowest BCUT2D eigenvalue weighted by atomic mass is 10.1. The van der Waals surface area contributed by atoms with Crippen LogP contribution in [0.25, 0.3) is 0 Å². The smallest absolute Gasteiger partial charge is 0.151 e. The molecule has 2 atom stereocenters. The Morgan fingerprint density at radius 1 is 1.40 bits per heavy atom. The predicted molar refractivity (Wildman–Crippen MR) is 61.7 cm³/mol. The maximum atomic E-state index is 5.54. The van der Waals surface area contributed by atoms with Gasteiger partial charge in [-0.1, -0.05) is 6.92 Å². The quantitative estimate of drug-likeness (QED) is 0.802. The number of hydrogen-bond donors (Lipinski definition) is 1. The zero-order valence-electron chi connectivity index (χ0n) is 9.35. The first-order valence-corrected chi connectivity index (χ1v) is 5.60. The summed E-state index contributed by atoms with van der Waals surface area (Å²) in [5.41, 5.74) is 5.54. The largest absolute Gasteiger partial charge is 0.382 e. The lowest BCUT2D eigenvalue weighted by Gasteiger charge is -2.28. The molecule has 82 valence electrons. The molecular weight excluding hydrogens is 188 g/mol. The van der Waals surface area contributed by atoms with E-state index in [2.05, 4.69) is 28.9 Å². The average molecular weight is 206 g/mol. The highest BCUT2D eigenvalue weighted by Crippen LogP contribution is 2.30. The van der Waals surface area contributed by atoms with Gasteiger partial charge in [-0.05, 0) is 38.3 Å². The molecule has 4 nitrogen and oxygen atoms in total. The molecule has 2 unspecified atom stereocenters. The summed E-state index contributed by atoms with van der Waals surface area (Å²) in [7, 11) is 0. The van der Waals surface area contributed by atoms with Crippen molar-refractivity contribution in [2.45, 2.75) is 45.2 Å². The fourth-order valence-corrected chi connectivity index (χ4v) is 2.36. The minimum atomic E-state index is 0.485. The summed E-state index contributed by atoms with van der Waals surface area (Å²) in [4.78, 5) is 2.37. The van der Waals surface area contributed by atoms with E-state index in [-0.39, 0.29) is 0 Å². The van der Waals surface area contributed by atoms with Gasteiger partial charge in [-0.15, -0.1) is 10.2 Å². The molecule has 1 aromatic heterocycles. The van der Waals surface area contributed by atoms with Gasteiger partial charge in [0.25, 0.3) is 0 Å². The van der Waals surface area contributed by atoms with E-state index >= 15 is 0 Å². The zero-order valence-corrected chi connectivity index (χ0v) is 9.35. The van der Waals surface area contributed by atoms with Crippen LogP contribution in [0.2, 0.25) is 0 Å². The number of aromatic nitrogens is 2. The molecule has 0 amide bonds. The van der Waals surface area contributed by atoms with E-state index in [4.69, 9.17) is 5.73 Å². The highest BCUT2D eigenvalue weighted by atomic mass is 15.3. The molecule has 1 aromatic rings. The second-order valence-corrected chi connectivity index (χ2v) is 4.21. The predicted octanol–water partition coefficient (Wildman–Crippen LogP) is 1.83. The lowest BCUT2D eigenvalue weighted by Crippen LogP contribution is -2.34. The molecule has 1 aliphatic rings. The molecule has 1 fully saturated rings. The summed E-state index contributed by atoms with van der Waals surface area (Å²) in [6.45, 7) is 4.47. The van der Waals surface area contributed by atoms with E-state index in [0.717, 1.165) is 12.2 Å². The molecule has 1 saturated heterocycles. The van der Waals surface area contributed by atoms with Crippen molar-refractivity contribution in [3.05, 3.63) is 12.1 Å². The van der Waals surface area contributed by atoms with Crippen molar-refractivity contribution in [3.63, 3.8) is 0 Å². The molecule has 0 aromatic carbocycles. The normalized spacial score (nSPS) is 25.9. The molecule has 0 saturated carbocycles. The Balaban J connectivity index is 2.24. The molecule has 1 aliphatic heterocycles. The Bertz CT molecular complexity index is 322. The third-order valence-electron chi connectivity index (χ3n) is 3.19.